The summed E-state index contributed by atoms with van der Waals surface area (Å²) in [4.78, 5) is 51.7. The Morgan fingerprint density at radius 1 is 1.11 bits per heavy atom. The van der Waals surface area contributed by atoms with Crippen molar-refractivity contribution in [1.29, 1.82) is 0 Å². The first kappa shape index (κ1) is 27.6. The number of aliphatic hydroxyl groups is 1. The van der Waals surface area contributed by atoms with Gasteiger partial charge < -0.3 is 30.9 Å². The van der Waals surface area contributed by atoms with E-state index in [1.165, 1.54) is 6.92 Å². The molecule has 10 nitrogen and oxygen atoms in total. The number of amides is 3. The molecule has 3 amide bonds. The Morgan fingerprint density at radius 2 is 1.77 bits per heavy atom. The summed E-state index contributed by atoms with van der Waals surface area (Å²) in [6.07, 6.45) is -0.346. The third kappa shape index (κ3) is 6.07. The second kappa shape index (κ2) is 12.2. The predicted molar refractivity (Wildman–Crippen MR) is 129 cm³/mol. The van der Waals surface area contributed by atoms with Crippen molar-refractivity contribution in [2.45, 2.75) is 32.7 Å². The number of hydrogen-bond donors (Lipinski definition) is 4. The van der Waals surface area contributed by atoms with Crippen molar-refractivity contribution >= 4 is 34.6 Å². The highest BCUT2D eigenvalue weighted by atomic mass is 16.5. The maximum atomic E-state index is 14.0. The number of fused-ring (bicyclic) bond motifs is 1. The Labute approximate surface area is 204 Å². The third-order valence-electron chi connectivity index (χ3n) is 5.68. The van der Waals surface area contributed by atoms with E-state index in [0.29, 0.717) is 10.8 Å². The Kier molecular flexibility index (Phi) is 9.59. The standard InChI is InChI=1S/C25H33N3O7/c1-16(2)15-28(24(26)34)25(21(11-13-29)22(31)32,23(33)35-14-12-27-17(3)30)20-10-6-8-18-7-4-5-9-19(18)20/h4-10,16,21,29H,11-15H2,1-3H3,(H2,26,34)(H,27,30)(H,31,32). The second-order valence-corrected chi connectivity index (χ2v) is 8.66. The number of primary amides is 1. The van der Waals surface area contributed by atoms with Crippen LogP contribution < -0.4 is 11.1 Å². The van der Waals surface area contributed by atoms with Crippen LogP contribution in [-0.4, -0.2) is 65.3 Å². The smallest absolute Gasteiger partial charge is 0.337 e. The van der Waals surface area contributed by atoms with Crippen molar-refractivity contribution in [2.75, 3.05) is 26.3 Å². The Bertz CT molecular complexity index is 1070. The van der Waals surface area contributed by atoms with Gasteiger partial charge in [0.15, 0.2) is 5.54 Å². The van der Waals surface area contributed by atoms with Gasteiger partial charge in [0.2, 0.25) is 5.91 Å². The quantitative estimate of drug-likeness (QED) is 0.262. The van der Waals surface area contributed by atoms with Crippen LogP contribution in [0.5, 0.6) is 0 Å². The maximum absolute atomic E-state index is 14.0. The number of benzene rings is 2. The molecule has 0 aliphatic carbocycles. The number of aliphatic hydroxyl groups excluding tert-OH is 1. The zero-order valence-electron chi connectivity index (χ0n) is 20.2. The van der Waals surface area contributed by atoms with Gasteiger partial charge in [-0.15, -0.1) is 0 Å². The molecule has 2 rings (SSSR count). The molecule has 0 saturated carbocycles. The van der Waals surface area contributed by atoms with Crippen molar-refractivity contribution in [3.8, 4) is 0 Å². The van der Waals surface area contributed by atoms with Crippen LogP contribution in [0.4, 0.5) is 4.79 Å². The predicted octanol–water partition coefficient (Wildman–Crippen LogP) is 1.83. The van der Waals surface area contributed by atoms with Gasteiger partial charge in [-0.2, -0.15) is 0 Å². The summed E-state index contributed by atoms with van der Waals surface area (Å²) < 4.78 is 5.50. The van der Waals surface area contributed by atoms with E-state index in [-0.39, 0.29) is 43.5 Å². The minimum absolute atomic E-state index is 0.00875. The molecule has 2 atom stereocenters. The topological polar surface area (TPSA) is 159 Å². The minimum Gasteiger partial charge on any atom is -0.481 e. The summed E-state index contributed by atoms with van der Waals surface area (Å²) >= 11 is 0. The van der Waals surface area contributed by atoms with Crippen LogP contribution in [0, 0.1) is 11.8 Å². The Balaban J connectivity index is 2.90. The average Bonchev–Trinajstić information content (AvgIpc) is 2.80. The van der Waals surface area contributed by atoms with Gasteiger partial charge in [-0.05, 0) is 28.7 Å². The number of carboxylic acid groups (broad SMARTS) is 1. The molecule has 0 heterocycles. The summed E-state index contributed by atoms with van der Waals surface area (Å²) in [6, 6.07) is 11.1. The van der Waals surface area contributed by atoms with E-state index in [4.69, 9.17) is 10.5 Å². The van der Waals surface area contributed by atoms with E-state index < -0.39 is 36.0 Å². The zero-order valence-corrected chi connectivity index (χ0v) is 20.2. The van der Waals surface area contributed by atoms with Crippen molar-refractivity contribution in [2.24, 2.45) is 17.6 Å². The van der Waals surface area contributed by atoms with Crippen LogP contribution >= 0.6 is 0 Å². The number of carbonyl (C=O) groups excluding carboxylic acids is 3. The molecule has 10 heteroatoms. The van der Waals surface area contributed by atoms with Crippen molar-refractivity contribution in [1.82, 2.24) is 10.2 Å². The molecule has 2 aromatic carbocycles. The SMILES string of the molecule is CC(=O)NCCOC(=O)C(c1cccc2ccccc12)(C(CCO)C(=O)O)N(CC(C)C)C(N)=O. The number of nitrogens with two attached hydrogens (primary N) is 1. The zero-order chi connectivity index (χ0) is 26.2. The van der Waals surface area contributed by atoms with E-state index >= 15 is 0 Å². The number of carbonyl (C=O) groups is 4. The molecule has 0 aliphatic heterocycles. The lowest BCUT2D eigenvalue weighted by Crippen LogP contribution is -2.63. The number of urea groups is 1. The fraction of sp³-hybridized carbons (Fsp3) is 0.440. The first-order chi connectivity index (χ1) is 16.6. The van der Waals surface area contributed by atoms with Crippen molar-refractivity contribution in [3.05, 3.63) is 48.0 Å². The lowest BCUT2D eigenvalue weighted by atomic mass is 9.72. The molecule has 35 heavy (non-hydrogen) atoms. The van der Waals surface area contributed by atoms with Gasteiger partial charge in [0.25, 0.3) is 0 Å². The second-order valence-electron chi connectivity index (χ2n) is 8.66. The number of hydrogen-bond acceptors (Lipinski definition) is 6. The molecule has 0 spiro atoms. The molecule has 0 aliphatic rings. The largest absolute Gasteiger partial charge is 0.481 e. The van der Waals surface area contributed by atoms with E-state index in [9.17, 15) is 29.4 Å². The van der Waals surface area contributed by atoms with E-state index in [1.807, 2.05) is 0 Å². The van der Waals surface area contributed by atoms with Gasteiger partial charge in [-0.1, -0.05) is 56.3 Å². The first-order valence-electron chi connectivity index (χ1n) is 11.4. The monoisotopic (exact) mass is 487 g/mol. The van der Waals surface area contributed by atoms with Gasteiger partial charge >= 0.3 is 18.0 Å². The van der Waals surface area contributed by atoms with E-state index in [1.54, 1.807) is 56.3 Å². The lowest BCUT2D eigenvalue weighted by Gasteiger charge is -2.45. The number of carboxylic acids is 1. The molecular weight excluding hydrogens is 454 g/mol. The van der Waals surface area contributed by atoms with Crippen LogP contribution in [0.2, 0.25) is 0 Å². The van der Waals surface area contributed by atoms with Crippen LogP contribution in [0.25, 0.3) is 10.8 Å². The summed E-state index contributed by atoms with van der Waals surface area (Å²) in [5, 5.41) is 23.8. The van der Waals surface area contributed by atoms with Crippen LogP contribution in [0.1, 0.15) is 32.8 Å². The third-order valence-corrected chi connectivity index (χ3v) is 5.68. The van der Waals surface area contributed by atoms with Crippen LogP contribution in [0.15, 0.2) is 42.5 Å². The summed E-state index contributed by atoms with van der Waals surface area (Å²) in [5.41, 5.74) is 3.82. The average molecular weight is 488 g/mol. The molecule has 0 radical (unpaired) electrons. The normalized spacial score (nSPS) is 13.6. The summed E-state index contributed by atoms with van der Waals surface area (Å²) in [6.45, 7) is 4.03. The number of nitrogens with one attached hydrogen (secondary N) is 1. The molecule has 2 aromatic rings. The highest BCUT2D eigenvalue weighted by Gasteiger charge is 2.58. The molecule has 0 bridgehead atoms. The summed E-state index contributed by atoms with van der Waals surface area (Å²) in [5.74, 6) is -4.52. The molecule has 190 valence electrons. The number of esters is 1. The highest BCUT2D eigenvalue weighted by molar-refractivity contribution is 5.99. The number of nitrogens with zero attached hydrogens (tertiary/aromatic N) is 1. The molecular formula is C25H33N3O7. The first-order valence-corrected chi connectivity index (χ1v) is 11.4. The fourth-order valence-corrected chi connectivity index (χ4v) is 4.34. The van der Waals surface area contributed by atoms with Crippen LogP contribution in [-0.2, 0) is 24.7 Å². The van der Waals surface area contributed by atoms with Crippen molar-refractivity contribution < 1.29 is 34.1 Å². The van der Waals surface area contributed by atoms with E-state index in [2.05, 4.69) is 5.32 Å². The molecule has 0 aromatic heterocycles. The van der Waals surface area contributed by atoms with Gasteiger partial charge in [-0.25, -0.2) is 9.59 Å². The fourth-order valence-electron chi connectivity index (χ4n) is 4.34. The number of ether oxygens (including phenoxy) is 1. The minimum atomic E-state index is -2.19. The maximum Gasteiger partial charge on any atom is 0.337 e. The molecule has 2 unspecified atom stereocenters. The van der Waals surface area contributed by atoms with Crippen molar-refractivity contribution in [3.63, 3.8) is 0 Å². The molecule has 5 N–H and O–H groups in total. The summed E-state index contributed by atoms with van der Waals surface area (Å²) in [7, 11) is 0. The van der Waals surface area contributed by atoms with Gasteiger partial charge in [0.1, 0.15) is 6.61 Å². The molecule has 0 saturated heterocycles. The van der Waals surface area contributed by atoms with Crippen LogP contribution in [0.3, 0.4) is 0 Å². The highest BCUT2D eigenvalue weighted by Crippen LogP contribution is 2.43. The number of rotatable bonds is 12. The Morgan fingerprint density at radius 3 is 2.34 bits per heavy atom. The van der Waals surface area contributed by atoms with Gasteiger partial charge in [0, 0.05) is 20.1 Å². The Hall–Kier alpha value is -3.66. The molecule has 0 fully saturated rings. The van der Waals surface area contributed by atoms with Gasteiger partial charge in [-0.3, -0.25) is 9.59 Å². The van der Waals surface area contributed by atoms with E-state index in [0.717, 1.165) is 4.90 Å². The van der Waals surface area contributed by atoms with Gasteiger partial charge in [0.05, 0.1) is 12.5 Å². The number of aliphatic carboxylic acids is 1. The lowest BCUT2D eigenvalue weighted by molar-refractivity contribution is -0.170.